The van der Waals surface area contributed by atoms with Crippen LogP contribution < -0.4 is 9.62 Å². The standard InChI is InChI=1S/C28H23FN2O3S2/c1-19-17-21-18-20(11-16-26(21)31(19)36(33,34)24-14-12-22(29)13-15-24)28(32)30-25-9-5-6-10-27(25)35-23-7-3-2-4-8-23/h2-16,18-19H,17H2,1H3,(H,30,32)/t19-/m1/s1. The van der Waals surface area contributed by atoms with Crippen LogP contribution in [-0.4, -0.2) is 20.4 Å². The summed E-state index contributed by atoms with van der Waals surface area (Å²) >= 11 is 1.56. The maximum Gasteiger partial charge on any atom is 0.264 e. The molecule has 8 heteroatoms. The van der Waals surface area contributed by atoms with Crippen LogP contribution >= 0.6 is 11.8 Å². The Morgan fingerprint density at radius 2 is 1.64 bits per heavy atom. The average Bonchev–Trinajstić information content (AvgIpc) is 3.21. The molecule has 1 atom stereocenters. The van der Waals surface area contributed by atoms with Gasteiger partial charge in [0, 0.05) is 21.4 Å². The van der Waals surface area contributed by atoms with E-state index in [-0.39, 0.29) is 16.8 Å². The second-order valence-corrected chi connectivity index (χ2v) is 11.4. The van der Waals surface area contributed by atoms with Crippen LogP contribution in [0.4, 0.5) is 15.8 Å². The van der Waals surface area contributed by atoms with E-state index in [9.17, 15) is 17.6 Å². The third-order valence-electron chi connectivity index (χ3n) is 5.97. The maximum absolute atomic E-state index is 13.3. The topological polar surface area (TPSA) is 66.5 Å². The van der Waals surface area contributed by atoms with Gasteiger partial charge in [-0.2, -0.15) is 0 Å². The van der Waals surface area contributed by atoms with Crippen molar-refractivity contribution in [1.29, 1.82) is 0 Å². The van der Waals surface area contributed by atoms with E-state index < -0.39 is 15.8 Å². The van der Waals surface area contributed by atoms with Crippen molar-refractivity contribution in [3.8, 4) is 0 Å². The zero-order valence-electron chi connectivity index (χ0n) is 19.4. The van der Waals surface area contributed by atoms with Crippen molar-refractivity contribution < 1.29 is 17.6 Å². The van der Waals surface area contributed by atoms with Gasteiger partial charge in [0.1, 0.15) is 5.82 Å². The lowest BCUT2D eigenvalue weighted by Gasteiger charge is -2.24. The summed E-state index contributed by atoms with van der Waals surface area (Å²) in [6.07, 6.45) is 0.470. The minimum atomic E-state index is -3.87. The van der Waals surface area contributed by atoms with Crippen molar-refractivity contribution in [3.05, 3.63) is 114 Å². The number of carbonyl (C=O) groups excluding carboxylic acids is 1. The number of para-hydroxylation sites is 1. The number of anilines is 2. The first-order chi connectivity index (χ1) is 17.3. The van der Waals surface area contributed by atoms with Crippen LogP contribution in [0.2, 0.25) is 0 Å². The van der Waals surface area contributed by atoms with Gasteiger partial charge in [-0.05, 0) is 85.6 Å². The molecule has 0 spiro atoms. The molecule has 0 aliphatic carbocycles. The fourth-order valence-electron chi connectivity index (χ4n) is 4.30. The first-order valence-corrected chi connectivity index (χ1v) is 13.6. The van der Waals surface area contributed by atoms with Crippen LogP contribution in [0.5, 0.6) is 0 Å². The highest BCUT2D eigenvalue weighted by Crippen LogP contribution is 2.38. The first-order valence-electron chi connectivity index (χ1n) is 11.4. The Balaban J connectivity index is 1.39. The number of nitrogens with zero attached hydrogens (tertiary/aromatic N) is 1. The molecule has 4 aromatic carbocycles. The Labute approximate surface area is 214 Å². The molecule has 0 saturated heterocycles. The van der Waals surface area contributed by atoms with Crippen LogP contribution in [0, 0.1) is 5.82 Å². The van der Waals surface area contributed by atoms with Crippen molar-refractivity contribution in [1.82, 2.24) is 0 Å². The number of hydrogen-bond acceptors (Lipinski definition) is 4. The van der Waals surface area contributed by atoms with Gasteiger partial charge in [0.15, 0.2) is 0 Å². The highest BCUT2D eigenvalue weighted by molar-refractivity contribution is 7.99. The fraction of sp³-hybridized carbons (Fsp3) is 0.107. The second-order valence-electron chi connectivity index (χ2n) is 8.52. The predicted octanol–water partition coefficient (Wildman–Crippen LogP) is 6.37. The van der Waals surface area contributed by atoms with E-state index in [1.54, 1.807) is 30.0 Å². The van der Waals surface area contributed by atoms with E-state index in [4.69, 9.17) is 0 Å². The van der Waals surface area contributed by atoms with Crippen molar-refractivity contribution in [3.63, 3.8) is 0 Å². The molecule has 1 aliphatic rings. The van der Waals surface area contributed by atoms with E-state index in [2.05, 4.69) is 5.32 Å². The van der Waals surface area contributed by atoms with Gasteiger partial charge < -0.3 is 5.32 Å². The lowest BCUT2D eigenvalue weighted by molar-refractivity contribution is 0.102. The SMILES string of the molecule is C[C@@H]1Cc2cc(C(=O)Nc3ccccc3Sc3ccccc3)ccc2N1S(=O)(=O)c1ccc(F)cc1. The van der Waals surface area contributed by atoms with E-state index >= 15 is 0 Å². The molecule has 1 aliphatic heterocycles. The summed E-state index contributed by atoms with van der Waals surface area (Å²) in [7, 11) is -3.87. The molecule has 0 fully saturated rings. The molecule has 1 heterocycles. The van der Waals surface area contributed by atoms with E-state index in [1.807, 2.05) is 61.5 Å². The Kier molecular flexibility index (Phi) is 6.55. The number of sulfonamides is 1. The maximum atomic E-state index is 13.3. The highest BCUT2D eigenvalue weighted by atomic mass is 32.2. The van der Waals surface area contributed by atoms with Crippen LogP contribution in [0.3, 0.4) is 0 Å². The fourth-order valence-corrected chi connectivity index (χ4v) is 6.91. The third-order valence-corrected chi connectivity index (χ3v) is 9.00. The summed E-state index contributed by atoms with van der Waals surface area (Å²) in [4.78, 5) is 15.2. The summed E-state index contributed by atoms with van der Waals surface area (Å²) in [5.41, 5.74) is 2.45. The van der Waals surface area contributed by atoms with Crippen molar-refractivity contribution in [2.24, 2.45) is 0 Å². The summed E-state index contributed by atoms with van der Waals surface area (Å²) in [6, 6.07) is 27.0. The lowest BCUT2D eigenvalue weighted by atomic mass is 10.1. The molecule has 182 valence electrons. The van der Waals surface area contributed by atoms with E-state index in [1.165, 1.54) is 16.4 Å². The Bertz CT molecular complexity index is 1520. The van der Waals surface area contributed by atoms with Crippen molar-refractivity contribution in [2.45, 2.75) is 34.1 Å². The number of halogens is 1. The Morgan fingerprint density at radius 1 is 0.944 bits per heavy atom. The molecule has 1 amide bonds. The zero-order valence-corrected chi connectivity index (χ0v) is 21.0. The van der Waals surface area contributed by atoms with Gasteiger partial charge in [0.2, 0.25) is 0 Å². The number of carbonyl (C=O) groups is 1. The number of benzene rings is 4. The van der Waals surface area contributed by atoms with E-state index in [0.717, 1.165) is 27.5 Å². The predicted molar refractivity (Wildman–Crippen MR) is 141 cm³/mol. The zero-order chi connectivity index (χ0) is 25.3. The van der Waals surface area contributed by atoms with Crippen LogP contribution in [0.15, 0.2) is 112 Å². The first kappa shape index (κ1) is 24.1. The highest BCUT2D eigenvalue weighted by Gasteiger charge is 2.36. The van der Waals surface area contributed by atoms with Crippen molar-refractivity contribution in [2.75, 3.05) is 9.62 Å². The number of fused-ring (bicyclic) bond motifs is 1. The largest absolute Gasteiger partial charge is 0.321 e. The Hall–Kier alpha value is -3.62. The van der Waals surface area contributed by atoms with Gasteiger partial charge in [0.05, 0.1) is 16.3 Å². The minimum absolute atomic E-state index is 0.0259. The normalized spacial score (nSPS) is 14.9. The summed E-state index contributed by atoms with van der Waals surface area (Å²) in [5, 5.41) is 2.99. The molecule has 5 nitrogen and oxygen atoms in total. The summed E-state index contributed by atoms with van der Waals surface area (Å²) in [6.45, 7) is 1.82. The van der Waals surface area contributed by atoms with Crippen LogP contribution in [0.1, 0.15) is 22.8 Å². The van der Waals surface area contributed by atoms with Gasteiger partial charge in [-0.25, -0.2) is 12.8 Å². The number of amides is 1. The Morgan fingerprint density at radius 3 is 2.39 bits per heavy atom. The molecular formula is C28H23FN2O3S2. The van der Waals surface area contributed by atoms with Gasteiger partial charge in [-0.15, -0.1) is 0 Å². The van der Waals surface area contributed by atoms with Gasteiger partial charge in [-0.3, -0.25) is 9.10 Å². The number of nitrogens with one attached hydrogen (secondary N) is 1. The summed E-state index contributed by atoms with van der Waals surface area (Å²) in [5.74, 6) is -0.769. The number of rotatable bonds is 6. The molecule has 0 radical (unpaired) electrons. The molecule has 36 heavy (non-hydrogen) atoms. The molecule has 0 unspecified atom stereocenters. The van der Waals surface area contributed by atoms with Crippen LogP contribution in [0.25, 0.3) is 0 Å². The van der Waals surface area contributed by atoms with Crippen molar-refractivity contribution >= 4 is 39.1 Å². The molecule has 0 bridgehead atoms. The monoisotopic (exact) mass is 518 g/mol. The van der Waals surface area contributed by atoms with Gasteiger partial charge >= 0.3 is 0 Å². The number of hydrogen-bond donors (Lipinski definition) is 1. The van der Waals surface area contributed by atoms with Crippen LogP contribution in [-0.2, 0) is 16.4 Å². The molecular weight excluding hydrogens is 495 g/mol. The summed E-state index contributed by atoms with van der Waals surface area (Å²) < 4.78 is 41.3. The second kappa shape index (κ2) is 9.79. The lowest BCUT2D eigenvalue weighted by Crippen LogP contribution is -2.35. The van der Waals surface area contributed by atoms with E-state index in [0.29, 0.717) is 23.4 Å². The molecule has 5 rings (SSSR count). The third kappa shape index (κ3) is 4.74. The average molecular weight is 519 g/mol. The van der Waals surface area contributed by atoms with Gasteiger partial charge in [-0.1, -0.05) is 42.1 Å². The smallest absolute Gasteiger partial charge is 0.264 e. The molecule has 0 saturated carbocycles. The van der Waals surface area contributed by atoms with Gasteiger partial charge in [0.25, 0.3) is 15.9 Å². The minimum Gasteiger partial charge on any atom is -0.321 e. The molecule has 4 aromatic rings. The molecule has 1 N–H and O–H groups in total. The molecule has 0 aromatic heterocycles. The quantitative estimate of drug-likeness (QED) is 0.322.